The minimum atomic E-state index is -1.25. The molecule has 5 N–H and O–H groups in total. The van der Waals surface area contributed by atoms with Gasteiger partial charge in [-0.15, -0.1) is 11.8 Å². The highest BCUT2D eigenvalue weighted by molar-refractivity contribution is 8.05. The molecule has 36 heavy (non-hydrogen) atoms. The zero-order chi connectivity index (χ0) is 26.4. The smallest absolute Gasteiger partial charge is 0.353 e. The number of aliphatic carboxylic acids is 1. The van der Waals surface area contributed by atoms with Gasteiger partial charge in [-0.3, -0.25) is 14.7 Å². The summed E-state index contributed by atoms with van der Waals surface area (Å²) in [6.07, 6.45) is 1.33. The molecule has 3 unspecified atom stereocenters. The van der Waals surface area contributed by atoms with Gasteiger partial charge in [0, 0.05) is 41.1 Å². The molecule has 4 rings (SSSR count). The highest BCUT2D eigenvalue weighted by Gasteiger charge is 2.61. The topological polar surface area (TPSA) is 165 Å². The largest absolute Gasteiger partial charge is 0.477 e. The first-order chi connectivity index (χ1) is 17.1. The molecular weight excluding hydrogens is 488 g/mol. The van der Waals surface area contributed by atoms with Crippen molar-refractivity contribution in [3.8, 4) is 0 Å². The molecule has 12 heteroatoms. The van der Waals surface area contributed by atoms with Gasteiger partial charge >= 0.3 is 11.9 Å². The lowest BCUT2D eigenvalue weighted by atomic mass is 9.79. The Morgan fingerprint density at radius 3 is 2.78 bits per heavy atom. The Morgan fingerprint density at radius 2 is 2.17 bits per heavy atom. The van der Waals surface area contributed by atoms with Gasteiger partial charge in [0.2, 0.25) is 5.91 Å². The number of β-lactam (4-membered cyclic amide) rings is 1. The predicted molar refractivity (Wildman–Crippen MR) is 130 cm³/mol. The van der Waals surface area contributed by atoms with Crippen LogP contribution in [-0.4, -0.2) is 84.3 Å². The van der Waals surface area contributed by atoms with Gasteiger partial charge in [-0.2, -0.15) is 5.10 Å². The van der Waals surface area contributed by atoms with Crippen molar-refractivity contribution in [2.45, 2.75) is 63.2 Å². The molecule has 6 atom stereocenters. The lowest BCUT2D eigenvalue weighted by Crippen LogP contribution is -2.63. The van der Waals surface area contributed by atoms with E-state index in [4.69, 9.17) is 4.74 Å². The highest BCUT2D eigenvalue weighted by Crippen LogP contribution is 2.54. The van der Waals surface area contributed by atoms with Crippen LogP contribution in [0, 0.1) is 18.8 Å². The summed E-state index contributed by atoms with van der Waals surface area (Å²) in [6, 6.07) is -0.659. The van der Waals surface area contributed by atoms with Crippen molar-refractivity contribution in [3.63, 3.8) is 0 Å². The molecule has 3 aliphatic rings. The normalized spacial score (nSPS) is 30.2. The number of aromatic amines is 1. The van der Waals surface area contributed by atoms with Crippen LogP contribution in [0.4, 0.5) is 0 Å². The maximum absolute atomic E-state index is 13.4. The number of amides is 1. The number of carboxylic acids is 1. The number of rotatable bonds is 10. The lowest BCUT2D eigenvalue weighted by Gasteiger charge is -2.46. The number of aliphatic hydroxyl groups excluding tert-OH is 2. The first-order valence-corrected chi connectivity index (χ1v) is 12.7. The summed E-state index contributed by atoms with van der Waals surface area (Å²) in [5, 5.41) is 40.3. The van der Waals surface area contributed by atoms with E-state index in [2.05, 4.69) is 22.1 Å². The molecule has 0 aliphatic carbocycles. The maximum atomic E-state index is 13.4. The second-order valence-corrected chi connectivity index (χ2v) is 11.1. The lowest BCUT2D eigenvalue weighted by molar-refractivity contribution is -0.163. The summed E-state index contributed by atoms with van der Waals surface area (Å²) in [7, 11) is 0. The van der Waals surface area contributed by atoms with Crippen molar-refractivity contribution in [1.82, 2.24) is 20.4 Å². The molecule has 1 aromatic heterocycles. The summed E-state index contributed by atoms with van der Waals surface area (Å²) < 4.78 is 4.30. The molecule has 0 aromatic carbocycles. The van der Waals surface area contributed by atoms with Gasteiger partial charge in [0.15, 0.2) is 0 Å². The van der Waals surface area contributed by atoms with Crippen molar-refractivity contribution < 1.29 is 34.4 Å². The number of H-pyrrole nitrogens is 1. The van der Waals surface area contributed by atoms with Gasteiger partial charge in [-0.05, 0) is 20.3 Å². The zero-order valence-electron chi connectivity index (χ0n) is 20.5. The maximum Gasteiger partial charge on any atom is 0.353 e. The van der Waals surface area contributed by atoms with Crippen LogP contribution in [0.1, 0.15) is 37.2 Å². The van der Waals surface area contributed by atoms with Gasteiger partial charge in [-0.25, -0.2) is 4.79 Å². The molecule has 0 bridgehead atoms. The number of aromatic nitrogens is 2. The molecule has 4 heterocycles. The van der Waals surface area contributed by atoms with Crippen molar-refractivity contribution in [1.29, 1.82) is 0 Å². The van der Waals surface area contributed by atoms with Crippen LogP contribution in [0.3, 0.4) is 0 Å². The number of ether oxygens (including phenoxy) is 1. The second kappa shape index (κ2) is 10.0. The van der Waals surface area contributed by atoms with Gasteiger partial charge in [0.05, 0.1) is 30.4 Å². The number of nitrogens with one attached hydrogen (secondary N) is 2. The number of nitrogens with zero attached hydrogens (tertiary/aromatic N) is 2. The van der Waals surface area contributed by atoms with Crippen LogP contribution in [0.2, 0.25) is 0 Å². The first kappa shape index (κ1) is 26.4. The number of aliphatic hydroxyl groups is 2. The van der Waals surface area contributed by atoms with Gasteiger partial charge in [0.25, 0.3) is 0 Å². The number of carbonyl (C=O) groups excluding carboxylic acids is 2. The van der Waals surface area contributed by atoms with E-state index < -0.39 is 40.7 Å². The van der Waals surface area contributed by atoms with E-state index in [-0.39, 0.29) is 37.4 Å². The molecule has 1 aromatic rings. The minimum Gasteiger partial charge on any atom is -0.477 e. The minimum absolute atomic E-state index is 0.0107. The fraction of sp³-hybridized carbons (Fsp3) is 0.583. The number of hydrogen-bond donors (Lipinski definition) is 5. The fourth-order valence-corrected chi connectivity index (χ4v) is 7.13. The van der Waals surface area contributed by atoms with Crippen molar-refractivity contribution in [2.24, 2.45) is 11.8 Å². The fourth-order valence-electron chi connectivity index (χ4n) is 5.52. The van der Waals surface area contributed by atoms with E-state index in [1.807, 2.05) is 13.8 Å². The van der Waals surface area contributed by atoms with E-state index in [0.717, 1.165) is 17.5 Å². The predicted octanol–water partition coefficient (Wildman–Crippen LogP) is 0.470. The number of esters is 1. The number of fused-ring (bicyclic) bond motifs is 1. The Morgan fingerprint density at radius 1 is 1.44 bits per heavy atom. The molecule has 2 fully saturated rings. The van der Waals surface area contributed by atoms with Crippen molar-refractivity contribution >= 4 is 29.6 Å². The molecule has 0 radical (unpaired) electrons. The quantitative estimate of drug-likeness (QED) is 0.166. The van der Waals surface area contributed by atoms with E-state index >= 15 is 0 Å². The third-order valence-electron chi connectivity index (χ3n) is 7.33. The third kappa shape index (κ3) is 4.25. The molecule has 11 nitrogen and oxygen atoms in total. The summed E-state index contributed by atoms with van der Waals surface area (Å²) in [5.74, 6) is -3.24. The van der Waals surface area contributed by atoms with Gasteiger partial charge < -0.3 is 30.3 Å². The van der Waals surface area contributed by atoms with Crippen LogP contribution >= 0.6 is 11.8 Å². The molecular formula is C24H32N4O7S. The summed E-state index contributed by atoms with van der Waals surface area (Å²) in [5.41, 5.74) is 2.05. The Hall–Kier alpha value is -2.67. The zero-order valence-corrected chi connectivity index (χ0v) is 21.3. The van der Waals surface area contributed by atoms with Crippen LogP contribution in [-0.2, 0) is 32.1 Å². The van der Waals surface area contributed by atoms with E-state index in [1.54, 1.807) is 0 Å². The summed E-state index contributed by atoms with van der Waals surface area (Å²) in [4.78, 5) is 40.0. The summed E-state index contributed by atoms with van der Waals surface area (Å²) >= 11 is 1.13. The molecule has 0 saturated carbocycles. The van der Waals surface area contributed by atoms with E-state index in [0.29, 0.717) is 29.0 Å². The van der Waals surface area contributed by atoms with Crippen LogP contribution in [0.5, 0.6) is 0 Å². The van der Waals surface area contributed by atoms with Crippen LogP contribution < -0.4 is 5.32 Å². The number of carbonyl (C=O) groups is 3. The summed E-state index contributed by atoms with van der Waals surface area (Å²) in [6.45, 7) is 8.83. The van der Waals surface area contributed by atoms with Gasteiger partial charge in [-0.1, -0.05) is 19.6 Å². The van der Waals surface area contributed by atoms with Crippen LogP contribution in [0.25, 0.3) is 0 Å². The Kier molecular flexibility index (Phi) is 7.33. The van der Waals surface area contributed by atoms with Gasteiger partial charge in [0.1, 0.15) is 17.1 Å². The molecule has 196 valence electrons. The molecule has 1 amide bonds. The first-order valence-electron chi connectivity index (χ1n) is 11.9. The number of carboxylic acid groups (broad SMARTS) is 1. The Bertz CT molecular complexity index is 1120. The number of hydrogen-bond acceptors (Lipinski definition) is 9. The number of thioether (sulfide) groups is 1. The third-order valence-corrected chi connectivity index (χ3v) is 8.98. The molecule has 2 saturated heterocycles. The Balaban J connectivity index is 1.64. The van der Waals surface area contributed by atoms with Crippen LogP contribution in [0.15, 0.2) is 23.3 Å². The van der Waals surface area contributed by atoms with E-state index in [9.17, 15) is 29.7 Å². The second-order valence-electron chi connectivity index (χ2n) is 9.67. The molecule has 0 spiro atoms. The average molecular weight is 521 g/mol. The average Bonchev–Trinajstić information content (AvgIpc) is 3.46. The monoisotopic (exact) mass is 520 g/mol. The van der Waals surface area contributed by atoms with Crippen molar-refractivity contribution in [3.05, 3.63) is 40.2 Å². The Labute approximate surface area is 213 Å². The number of aryl methyl sites for hydroxylation is 1. The SMILES string of the molecule is C=CCOC(=O)[C@@]1(SC2=C(C(=O)O)N3C(=O)C([C@@H](C)O)C3C2C)CN[C@H](Cc2n[nH]c(C)c2CO)C1. The standard InChI is InChI=1S/C24H32N4O7S/c1-5-6-35-23(34)24(8-14(25-10-24)7-16-15(9-29)12(3)26-27-16)36-20-11(2)18-17(13(4)30)21(31)28(18)19(20)22(32)33/h5,11,13-14,17-18,25,29-30H,1,6-10H2,2-4H3,(H,26,27)(H,32,33)/t11?,13-,14-,17?,18?,24+/m1/s1. The van der Waals surface area contributed by atoms with Crippen molar-refractivity contribution in [2.75, 3.05) is 13.2 Å². The highest BCUT2D eigenvalue weighted by atomic mass is 32.2. The molecule has 3 aliphatic heterocycles. The van der Waals surface area contributed by atoms with E-state index in [1.165, 1.54) is 17.9 Å².